The summed E-state index contributed by atoms with van der Waals surface area (Å²) < 4.78 is 46.3. The van der Waals surface area contributed by atoms with Crippen LogP contribution in [0.15, 0.2) is 35.9 Å². The van der Waals surface area contributed by atoms with E-state index in [9.17, 15) is 22.8 Å². The van der Waals surface area contributed by atoms with E-state index in [1.165, 1.54) is 4.90 Å². The second kappa shape index (κ2) is 11.0. The number of carbonyl (C=O) groups is 2. The Labute approximate surface area is 224 Å². The largest absolute Gasteiger partial charge is 0.471 e. The van der Waals surface area contributed by atoms with Crippen molar-refractivity contribution in [3.05, 3.63) is 41.5 Å². The van der Waals surface area contributed by atoms with Crippen LogP contribution in [0.3, 0.4) is 0 Å². The quantitative estimate of drug-likeness (QED) is 0.371. The van der Waals surface area contributed by atoms with Crippen LogP contribution in [0.5, 0.6) is 0 Å². The molecular formula is C30H41F3N2O3. The molecule has 0 bridgehead atoms. The van der Waals surface area contributed by atoms with Crippen LogP contribution >= 0.6 is 0 Å². The zero-order valence-corrected chi connectivity index (χ0v) is 23.0. The van der Waals surface area contributed by atoms with Gasteiger partial charge in [0.2, 0.25) is 0 Å². The molecule has 0 N–H and O–H groups in total. The Morgan fingerprint density at radius 2 is 1.74 bits per heavy atom. The van der Waals surface area contributed by atoms with Gasteiger partial charge in [0, 0.05) is 24.5 Å². The van der Waals surface area contributed by atoms with Gasteiger partial charge in [-0.05, 0) is 83.4 Å². The average Bonchev–Trinajstić information content (AvgIpc) is 3.60. The third-order valence-electron chi connectivity index (χ3n) is 8.33. The molecule has 1 heterocycles. The molecule has 2 aliphatic carbocycles. The topological polar surface area (TPSA) is 49.9 Å². The molecule has 2 saturated carbocycles. The molecule has 1 aliphatic heterocycles. The molecular weight excluding hydrogens is 493 g/mol. The van der Waals surface area contributed by atoms with Crippen LogP contribution in [0.25, 0.3) is 6.08 Å². The lowest BCUT2D eigenvalue weighted by Gasteiger charge is -2.55. The number of alkyl halides is 3. The van der Waals surface area contributed by atoms with Gasteiger partial charge in [-0.25, -0.2) is 0 Å². The molecule has 3 aliphatic rings. The van der Waals surface area contributed by atoms with Gasteiger partial charge in [0.15, 0.2) is 0 Å². The van der Waals surface area contributed by atoms with Crippen LogP contribution in [-0.2, 0) is 14.3 Å². The first-order valence-corrected chi connectivity index (χ1v) is 13.9. The highest BCUT2D eigenvalue weighted by molar-refractivity contribution is 5.83. The minimum atomic E-state index is -4.86. The number of hydrogen-bond acceptors (Lipinski definition) is 4. The Morgan fingerprint density at radius 3 is 2.29 bits per heavy atom. The first-order valence-electron chi connectivity index (χ1n) is 13.9. The number of nitrogens with zero attached hydrogens (tertiary/aromatic N) is 2. The predicted molar refractivity (Wildman–Crippen MR) is 141 cm³/mol. The number of ether oxygens (including phenoxy) is 1. The van der Waals surface area contributed by atoms with Crippen LogP contribution in [0.2, 0.25) is 0 Å². The molecule has 1 spiro atoms. The van der Waals surface area contributed by atoms with E-state index >= 15 is 0 Å². The van der Waals surface area contributed by atoms with Gasteiger partial charge in [-0.3, -0.25) is 9.59 Å². The molecule has 4 rings (SSSR count). The van der Waals surface area contributed by atoms with Crippen molar-refractivity contribution in [1.29, 1.82) is 0 Å². The summed E-state index contributed by atoms with van der Waals surface area (Å²) in [6.45, 7) is 9.83. The number of benzene rings is 1. The van der Waals surface area contributed by atoms with E-state index in [4.69, 9.17) is 4.74 Å². The Kier molecular flexibility index (Phi) is 8.31. The number of halogens is 3. The first-order chi connectivity index (χ1) is 17.8. The third kappa shape index (κ3) is 6.99. The molecule has 1 aromatic carbocycles. The summed E-state index contributed by atoms with van der Waals surface area (Å²) in [5.41, 5.74) is 1.63. The van der Waals surface area contributed by atoms with Gasteiger partial charge in [0.25, 0.3) is 0 Å². The lowest BCUT2D eigenvalue weighted by molar-refractivity contribution is -0.194. The zero-order valence-electron chi connectivity index (χ0n) is 23.0. The van der Waals surface area contributed by atoms with Gasteiger partial charge in [-0.2, -0.15) is 13.2 Å². The molecule has 0 unspecified atom stereocenters. The van der Waals surface area contributed by atoms with Crippen molar-refractivity contribution in [2.45, 2.75) is 96.5 Å². The van der Waals surface area contributed by atoms with Crippen molar-refractivity contribution in [2.75, 3.05) is 19.6 Å². The Balaban J connectivity index is 1.34. The first kappa shape index (κ1) is 28.7. The van der Waals surface area contributed by atoms with E-state index in [2.05, 4.69) is 11.0 Å². The van der Waals surface area contributed by atoms with Gasteiger partial charge >= 0.3 is 18.1 Å². The van der Waals surface area contributed by atoms with Gasteiger partial charge in [0.05, 0.1) is 6.42 Å². The Morgan fingerprint density at radius 1 is 1.11 bits per heavy atom. The molecule has 0 aromatic heterocycles. The fourth-order valence-electron chi connectivity index (χ4n) is 6.29. The van der Waals surface area contributed by atoms with Crippen molar-refractivity contribution in [1.82, 2.24) is 9.80 Å². The van der Waals surface area contributed by atoms with E-state index in [0.717, 1.165) is 43.5 Å². The van der Waals surface area contributed by atoms with Crippen LogP contribution in [-0.4, -0.2) is 65.2 Å². The summed E-state index contributed by atoms with van der Waals surface area (Å²) in [5, 5.41) is 0. The van der Waals surface area contributed by atoms with E-state index < -0.39 is 17.7 Å². The number of piperidine rings is 1. The lowest BCUT2D eigenvalue weighted by Crippen LogP contribution is -2.59. The fraction of sp³-hybridized carbons (Fsp3) is 0.667. The van der Waals surface area contributed by atoms with E-state index in [0.29, 0.717) is 32.2 Å². The second-order valence-corrected chi connectivity index (χ2v) is 12.3. The van der Waals surface area contributed by atoms with Crippen molar-refractivity contribution in [2.24, 2.45) is 11.3 Å². The molecule has 5 nitrogen and oxygen atoms in total. The summed E-state index contributed by atoms with van der Waals surface area (Å²) in [7, 11) is 0. The minimum Gasteiger partial charge on any atom is -0.460 e. The highest BCUT2D eigenvalue weighted by atomic mass is 19.4. The molecule has 2 atom stereocenters. The van der Waals surface area contributed by atoms with Crippen molar-refractivity contribution < 1.29 is 27.5 Å². The van der Waals surface area contributed by atoms with Gasteiger partial charge in [0.1, 0.15) is 5.60 Å². The van der Waals surface area contributed by atoms with Crippen LogP contribution in [0.4, 0.5) is 13.2 Å². The van der Waals surface area contributed by atoms with E-state index in [-0.39, 0.29) is 29.4 Å². The molecule has 0 radical (unpaired) electrons. The number of carbonyl (C=O) groups excluding carboxylic acids is 2. The maximum atomic E-state index is 13.7. The lowest BCUT2D eigenvalue weighted by atomic mass is 9.60. The smallest absolute Gasteiger partial charge is 0.460 e. The maximum Gasteiger partial charge on any atom is 0.471 e. The monoisotopic (exact) mass is 534 g/mol. The minimum absolute atomic E-state index is 0.00490. The predicted octanol–water partition coefficient (Wildman–Crippen LogP) is 6.24. The van der Waals surface area contributed by atoms with Crippen LogP contribution in [0, 0.1) is 11.3 Å². The van der Waals surface area contributed by atoms with Crippen molar-refractivity contribution in [3.8, 4) is 0 Å². The van der Waals surface area contributed by atoms with Crippen LogP contribution < -0.4 is 0 Å². The standard InChI is InChI=1S/C30H41F3N2O3/c1-5-22(17-21-9-7-6-8-10-21)24-18-25(24)35(27(37)30(31,32)33)23-19-29(20-23)12-15-34(16-13-29)14-11-26(36)38-28(2,3)4/h6-10,17,23-25H,5,11-16,18-20H2,1-4H3/b22-17+/t24-,25+/m0/s1. The van der Waals surface area contributed by atoms with Gasteiger partial charge < -0.3 is 14.5 Å². The summed E-state index contributed by atoms with van der Waals surface area (Å²) in [6.07, 6.45) is 1.90. The number of amides is 1. The van der Waals surface area contributed by atoms with Crippen molar-refractivity contribution in [3.63, 3.8) is 0 Å². The zero-order chi connectivity index (χ0) is 27.7. The fourth-order valence-corrected chi connectivity index (χ4v) is 6.29. The maximum absolute atomic E-state index is 13.7. The summed E-state index contributed by atoms with van der Waals surface area (Å²) >= 11 is 0. The number of rotatable bonds is 8. The normalized spacial score (nSPS) is 24.1. The van der Waals surface area contributed by atoms with Crippen LogP contribution in [0.1, 0.15) is 78.2 Å². The Hall–Kier alpha value is -2.35. The summed E-state index contributed by atoms with van der Waals surface area (Å²) in [4.78, 5) is 28.1. The van der Waals surface area contributed by atoms with Gasteiger partial charge in [-0.1, -0.05) is 48.9 Å². The third-order valence-corrected chi connectivity index (χ3v) is 8.33. The number of hydrogen-bond donors (Lipinski definition) is 0. The highest BCUT2D eigenvalue weighted by Gasteiger charge is 2.58. The number of esters is 1. The Bertz CT molecular complexity index is 1020. The average molecular weight is 535 g/mol. The molecule has 38 heavy (non-hydrogen) atoms. The molecule has 1 saturated heterocycles. The second-order valence-electron chi connectivity index (χ2n) is 12.3. The molecule has 210 valence electrons. The molecule has 1 aromatic rings. The number of likely N-dealkylation sites (tertiary alicyclic amines) is 1. The van der Waals surface area contributed by atoms with E-state index in [1.54, 1.807) is 0 Å². The van der Waals surface area contributed by atoms with Gasteiger partial charge in [-0.15, -0.1) is 0 Å². The molecule has 1 amide bonds. The highest BCUT2D eigenvalue weighted by Crippen LogP contribution is 2.55. The van der Waals surface area contributed by atoms with E-state index in [1.807, 2.05) is 58.0 Å². The summed E-state index contributed by atoms with van der Waals surface area (Å²) in [5.74, 6) is -1.91. The SMILES string of the molecule is CC/C(=C\c1ccccc1)[C@@H]1C[C@H]1N(C(=O)C(F)(F)F)C1CC2(CCN(CCC(=O)OC(C)(C)C)CC2)C1. The molecule has 3 fully saturated rings. The van der Waals surface area contributed by atoms with Crippen molar-refractivity contribution >= 4 is 18.0 Å². The molecule has 8 heteroatoms. The summed E-state index contributed by atoms with van der Waals surface area (Å²) in [6, 6.07) is 9.06.